The summed E-state index contributed by atoms with van der Waals surface area (Å²) in [5.41, 5.74) is -0.809. The molecule has 0 aromatic carbocycles. The lowest BCUT2D eigenvalue weighted by atomic mass is 9.92. The third-order valence-electron chi connectivity index (χ3n) is 3.91. The molecule has 1 rings (SSSR count). The van der Waals surface area contributed by atoms with Crippen molar-refractivity contribution in [2.24, 2.45) is 0 Å². The molecule has 1 fully saturated rings. The second-order valence-electron chi connectivity index (χ2n) is 5.45. The van der Waals surface area contributed by atoms with E-state index in [2.05, 4.69) is 24.1 Å². The number of hydrogen-bond donors (Lipinski definition) is 2. The van der Waals surface area contributed by atoms with Crippen LogP contribution in [0.15, 0.2) is 0 Å². The van der Waals surface area contributed by atoms with Gasteiger partial charge in [0.2, 0.25) is 0 Å². The number of carboxylic acids is 1. The zero-order valence-corrected chi connectivity index (χ0v) is 11.5. The molecule has 4 heteroatoms. The summed E-state index contributed by atoms with van der Waals surface area (Å²) < 4.78 is 0. The first kappa shape index (κ1) is 14.5. The Kier molecular flexibility index (Phi) is 4.95. The van der Waals surface area contributed by atoms with E-state index in [0.717, 1.165) is 6.54 Å². The molecule has 0 aliphatic carbocycles. The van der Waals surface area contributed by atoms with Crippen molar-refractivity contribution >= 4 is 5.97 Å². The van der Waals surface area contributed by atoms with Gasteiger partial charge in [0.1, 0.15) is 5.54 Å². The summed E-state index contributed by atoms with van der Waals surface area (Å²) in [4.78, 5) is 13.8. The minimum Gasteiger partial charge on any atom is -0.480 e. The van der Waals surface area contributed by atoms with Gasteiger partial charge in [-0.1, -0.05) is 6.92 Å². The summed E-state index contributed by atoms with van der Waals surface area (Å²) >= 11 is 0. The molecule has 1 aliphatic rings. The van der Waals surface area contributed by atoms with E-state index < -0.39 is 11.5 Å². The van der Waals surface area contributed by atoms with E-state index >= 15 is 0 Å². The number of hydrogen-bond acceptors (Lipinski definition) is 3. The lowest BCUT2D eigenvalue weighted by Crippen LogP contribution is -2.53. The van der Waals surface area contributed by atoms with Crippen molar-refractivity contribution in [3.8, 4) is 0 Å². The maximum atomic E-state index is 11.4. The van der Waals surface area contributed by atoms with Gasteiger partial charge in [-0.05, 0) is 53.1 Å². The highest BCUT2D eigenvalue weighted by Crippen LogP contribution is 2.24. The second-order valence-corrected chi connectivity index (χ2v) is 5.45. The Morgan fingerprint density at radius 2 is 2.29 bits per heavy atom. The molecule has 1 heterocycles. The third kappa shape index (κ3) is 3.42. The Bertz CT molecular complexity index is 270. The number of carbonyl (C=O) groups is 1. The van der Waals surface area contributed by atoms with Crippen LogP contribution >= 0.6 is 0 Å². The van der Waals surface area contributed by atoms with E-state index in [0.29, 0.717) is 25.0 Å². The van der Waals surface area contributed by atoms with Crippen LogP contribution in [0.25, 0.3) is 0 Å². The van der Waals surface area contributed by atoms with Gasteiger partial charge in [-0.25, -0.2) is 0 Å². The summed E-state index contributed by atoms with van der Waals surface area (Å²) in [6.07, 6.45) is 3.12. The van der Waals surface area contributed by atoms with E-state index in [9.17, 15) is 9.90 Å². The number of nitrogens with one attached hydrogen (secondary N) is 1. The van der Waals surface area contributed by atoms with Crippen molar-refractivity contribution in [2.75, 3.05) is 13.1 Å². The molecular weight excluding hydrogens is 216 g/mol. The average molecular weight is 242 g/mol. The molecular formula is C13H26N2O2. The fraction of sp³-hybridized carbons (Fsp3) is 0.923. The van der Waals surface area contributed by atoms with Gasteiger partial charge < -0.3 is 10.4 Å². The molecule has 3 atom stereocenters. The molecule has 0 aromatic rings. The van der Waals surface area contributed by atoms with Gasteiger partial charge in [0.05, 0.1) is 0 Å². The van der Waals surface area contributed by atoms with Gasteiger partial charge in [0.25, 0.3) is 0 Å². The predicted molar refractivity (Wildman–Crippen MR) is 69.2 cm³/mol. The molecule has 1 saturated heterocycles. The Morgan fingerprint density at radius 3 is 2.71 bits per heavy atom. The predicted octanol–water partition coefficient (Wildman–Crippen LogP) is 1.70. The molecule has 2 N–H and O–H groups in total. The molecule has 3 unspecified atom stereocenters. The zero-order valence-electron chi connectivity index (χ0n) is 11.5. The fourth-order valence-corrected chi connectivity index (χ4v) is 2.94. The maximum absolute atomic E-state index is 11.4. The molecule has 0 amide bonds. The molecule has 0 radical (unpaired) electrons. The first-order valence-corrected chi connectivity index (χ1v) is 6.65. The Labute approximate surface area is 104 Å². The number of nitrogens with zero attached hydrogens (tertiary/aromatic N) is 1. The minimum atomic E-state index is -0.809. The van der Waals surface area contributed by atoms with Crippen molar-refractivity contribution < 1.29 is 9.90 Å². The molecule has 1 aliphatic heterocycles. The highest BCUT2D eigenvalue weighted by Gasteiger charge is 2.36. The summed E-state index contributed by atoms with van der Waals surface area (Å²) in [6.45, 7) is 9.89. The van der Waals surface area contributed by atoms with E-state index in [1.165, 1.54) is 12.8 Å². The van der Waals surface area contributed by atoms with Crippen LogP contribution in [-0.2, 0) is 4.79 Å². The van der Waals surface area contributed by atoms with Crippen molar-refractivity contribution in [1.29, 1.82) is 0 Å². The summed E-state index contributed by atoms with van der Waals surface area (Å²) in [5.74, 6) is -0.752. The number of aliphatic carboxylic acids is 1. The fourth-order valence-electron chi connectivity index (χ4n) is 2.94. The minimum absolute atomic E-state index is 0.313. The maximum Gasteiger partial charge on any atom is 0.323 e. The molecule has 0 saturated carbocycles. The van der Waals surface area contributed by atoms with Crippen molar-refractivity contribution in [3.63, 3.8) is 0 Å². The molecule has 0 spiro atoms. The van der Waals surface area contributed by atoms with E-state index in [1.54, 1.807) is 6.92 Å². The van der Waals surface area contributed by atoms with Crippen LogP contribution in [0, 0.1) is 0 Å². The Morgan fingerprint density at radius 1 is 1.65 bits per heavy atom. The lowest BCUT2D eigenvalue weighted by Gasteiger charge is -2.35. The van der Waals surface area contributed by atoms with Crippen molar-refractivity contribution in [1.82, 2.24) is 10.2 Å². The van der Waals surface area contributed by atoms with Gasteiger partial charge in [0, 0.05) is 12.1 Å². The topological polar surface area (TPSA) is 52.6 Å². The van der Waals surface area contributed by atoms with Crippen LogP contribution in [0.1, 0.15) is 47.0 Å². The molecule has 100 valence electrons. The SMILES string of the molecule is CCNC(C)(CC(C)N1CCCC1C)C(=O)O. The number of likely N-dealkylation sites (tertiary alicyclic amines) is 1. The van der Waals surface area contributed by atoms with Crippen LogP contribution in [0.4, 0.5) is 0 Å². The van der Waals surface area contributed by atoms with Gasteiger partial charge in [-0.15, -0.1) is 0 Å². The number of rotatable bonds is 6. The largest absolute Gasteiger partial charge is 0.480 e. The van der Waals surface area contributed by atoms with E-state index in [-0.39, 0.29) is 0 Å². The second kappa shape index (κ2) is 5.83. The van der Waals surface area contributed by atoms with Crippen LogP contribution in [0.3, 0.4) is 0 Å². The van der Waals surface area contributed by atoms with E-state index in [1.807, 2.05) is 6.92 Å². The van der Waals surface area contributed by atoms with Crippen LogP contribution in [0.2, 0.25) is 0 Å². The highest BCUT2D eigenvalue weighted by atomic mass is 16.4. The number of likely N-dealkylation sites (N-methyl/N-ethyl adjacent to an activating group) is 1. The standard InChI is InChI=1S/C13H26N2O2/c1-5-14-13(4,12(16)17)9-11(3)15-8-6-7-10(15)2/h10-11,14H,5-9H2,1-4H3,(H,16,17). The quantitative estimate of drug-likeness (QED) is 0.744. The smallest absolute Gasteiger partial charge is 0.323 e. The highest BCUT2D eigenvalue weighted by molar-refractivity contribution is 5.78. The molecule has 0 bridgehead atoms. The third-order valence-corrected chi connectivity index (χ3v) is 3.91. The van der Waals surface area contributed by atoms with Gasteiger partial charge >= 0.3 is 5.97 Å². The summed E-state index contributed by atoms with van der Waals surface area (Å²) in [5, 5.41) is 12.4. The zero-order chi connectivity index (χ0) is 13.1. The lowest BCUT2D eigenvalue weighted by molar-refractivity contribution is -0.145. The number of carboxylic acid groups (broad SMARTS) is 1. The monoisotopic (exact) mass is 242 g/mol. The molecule has 4 nitrogen and oxygen atoms in total. The summed E-state index contributed by atoms with van der Waals surface area (Å²) in [6, 6.07) is 0.900. The normalized spacial score (nSPS) is 26.7. The van der Waals surface area contributed by atoms with E-state index in [4.69, 9.17) is 0 Å². The van der Waals surface area contributed by atoms with Crippen molar-refractivity contribution in [3.05, 3.63) is 0 Å². The van der Waals surface area contributed by atoms with Crippen molar-refractivity contribution in [2.45, 2.75) is 64.6 Å². The molecule has 17 heavy (non-hydrogen) atoms. The van der Waals surface area contributed by atoms with Gasteiger partial charge in [0.15, 0.2) is 0 Å². The van der Waals surface area contributed by atoms with Gasteiger partial charge in [-0.3, -0.25) is 9.69 Å². The Hall–Kier alpha value is -0.610. The Balaban J connectivity index is 2.63. The summed E-state index contributed by atoms with van der Waals surface area (Å²) in [7, 11) is 0. The molecule has 0 aromatic heterocycles. The van der Waals surface area contributed by atoms with Crippen LogP contribution in [0.5, 0.6) is 0 Å². The average Bonchev–Trinajstić information content (AvgIpc) is 2.64. The van der Waals surface area contributed by atoms with Crippen LogP contribution in [-0.4, -0.2) is 46.7 Å². The van der Waals surface area contributed by atoms with Gasteiger partial charge in [-0.2, -0.15) is 0 Å². The van der Waals surface area contributed by atoms with Crippen LogP contribution < -0.4 is 5.32 Å². The first-order chi connectivity index (χ1) is 7.90. The first-order valence-electron chi connectivity index (χ1n) is 6.65.